The number of rotatable bonds is 2. The van der Waals surface area contributed by atoms with Crippen molar-refractivity contribution in [1.82, 2.24) is 10.6 Å². The molecule has 0 aromatic heterocycles. The normalized spacial score (nSPS) is 39.0. The van der Waals surface area contributed by atoms with E-state index < -0.39 is 0 Å². The van der Waals surface area contributed by atoms with Crippen LogP contribution < -0.4 is 16.4 Å². The van der Waals surface area contributed by atoms with Gasteiger partial charge in [0.05, 0.1) is 6.17 Å². The van der Waals surface area contributed by atoms with E-state index in [4.69, 9.17) is 15.2 Å². The topological polar surface area (TPSA) is 68.5 Å². The molecule has 1 saturated heterocycles. The van der Waals surface area contributed by atoms with Crippen LogP contribution in [0.1, 0.15) is 0 Å². The first kappa shape index (κ1) is 8.89. The molecule has 1 aliphatic heterocycles. The summed E-state index contributed by atoms with van der Waals surface area (Å²) in [4.78, 5) is 0. The van der Waals surface area contributed by atoms with Crippen LogP contribution in [0.5, 0.6) is 0 Å². The molecule has 0 aliphatic carbocycles. The van der Waals surface area contributed by atoms with Gasteiger partial charge in [0.15, 0.2) is 0 Å². The standard InChI is InChI=1S/C6H15N3O2/c1-10-4-5(7)8-3-9-6(4)11-2/h4-6,8-9H,3,7H2,1-2H3. The third kappa shape index (κ3) is 1.88. The minimum Gasteiger partial charge on any atom is -0.374 e. The lowest BCUT2D eigenvalue weighted by Gasteiger charge is -2.35. The van der Waals surface area contributed by atoms with Gasteiger partial charge in [-0.2, -0.15) is 0 Å². The van der Waals surface area contributed by atoms with Crippen molar-refractivity contribution in [3.05, 3.63) is 0 Å². The molecule has 3 atom stereocenters. The van der Waals surface area contributed by atoms with Crippen LogP contribution in [0.15, 0.2) is 0 Å². The van der Waals surface area contributed by atoms with Crippen molar-refractivity contribution in [3.8, 4) is 0 Å². The summed E-state index contributed by atoms with van der Waals surface area (Å²) in [6.45, 7) is 0.652. The van der Waals surface area contributed by atoms with Crippen molar-refractivity contribution >= 4 is 0 Å². The first-order valence-corrected chi connectivity index (χ1v) is 3.57. The summed E-state index contributed by atoms with van der Waals surface area (Å²) in [6.07, 6.45) is -0.406. The summed E-state index contributed by atoms with van der Waals surface area (Å²) in [5, 5.41) is 6.07. The van der Waals surface area contributed by atoms with Crippen molar-refractivity contribution in [2.75, 3.05) is 20.9 Å². The Morgan fingerprint density at radius 3 is 2.45 bits per heavy atom. The number of nitrogens with two attached hydrogens (primary N) is 1. The second kappa shape index (κ2) is 3.99. The van der Waals surface area contributed by atoms with Gasteiger partial charge in [0.2, 0.25) is 0 Å². The smallest absolute Gasteiger partial charge is 0.138 e. The fourth-order valence-corrected chi connectivity index (χ4v) is 1.19. The molecule has 5 nitrogen and oxygen atoms in total. The lowest BCUT2D eigenvalue weighted by Crippen LogP contribution is -2.65. The largest absolute Gasteiger partial charge is 0.374 e. The predicted molar refractivity (Wildman–Crippen MR) is 40.7 cm³/mol. The Kier molecular flexibility index (Phi) is 3.22. The fourth-order valence-electron chi connectivity index (χ4n) is 1.19. The molecular weight excluding hydrogens is 146 g/mol. The number of methoxy groups -OCH3 is 2. The molecule has 0 spiro atoms. The zero-order valence-electron chi connectivity index (χ0n) is 6.83. The number of nitrogens with one attached hydrogen (secondary N) is 2. The van der Waals surface area contributed by atoms with Gasteiger partial charge in [0, 0.05) is 20.9 Å². The van der Waals surface area contributed by atoms with Gasteiger partial charge in [-0.3, -0.25) is 10.6 Å². The van der Waals surface area contributed by atoms with E-state index in [1.165, 1.54) is 0 Å². The lowest BCUT2D eigenvalue weighted by molar-refractivity contribution is -0.0860. The highest BCUT2D eigenvalue weighted by molar-refractivity contribution is 4.82. The molecule has 0 radical (unpaired) electrons. The fraction of sp³-hybridized carbons (Fsp3) is 1.00. The van der Waals surface area contributed by atoms with Gasteiger partial charge in [0.25, 0.3) is 0 Å². The zero-order chi connectivity index (χ0) is 8.27. The minimum absolute atomic E-state index is 0.115. The third-order valence-electron chi connectivity index (χ3n) is 1.82. The third-order valence-corrected chi connectivity index (χ3v) is 1.82. The van der Waals surface area contributed by atoms with Crippen LogP contribution in [0.4, 0.5) is 0 Å². The molecular formula is C6H15N3O2. The molecule has 1 heterocycles. The first-order valence-electron chi connectivity index (χ1n) is 3.57. The molecule has 11 heavy (non-hydrogen) atoms. The van der Waals surface area contributed by atoms with Gasteiger partial charge in [-0.05, 0) is 0 Å². The SMILES string of the molecule is COC1NCNC(N)C1OC. The molecule has 5 heteroatoms. The van der Waals surface area contributed by atoms with Crippen LogP contribution in [-0.4, -0.2) is 39.4 Å². The van der Waals surface area contributed by atoms with E-state index in [-0.39, 0.29) is 18.5 Å². The Morgan fingerprint density at radius 2 is 2.00 bits per heavy atom. The van der Waals surface area contributed by atoms with E-state index in [0.717, 1.165) is 0 Å². The van der Waals surface area contributed by atoms with Crippen LogP contribution in [0.25, 0.3) is 0 Å². The highest BCUT2D eigenvalue weighted by Gasteiger charge is 2.30. The summed E-state index contributed by atoms with van der Waals surface area (Å²) >= 11 is 0. The molecule has 1 fully saturated rings. The first-order chi connectivity index (χ1) is 5.29. The van der Waals surface area contributed by atoms with Crippen LogP contribution >= 0.6 is 0 Å². The van der Waals surface area contributed by atoms with Crippen molar-refractivity contribution in [2.45, 2.75) is 18.5 Å². The van der Waals surface area contributed by atoms with E-state index in [2.05, 4.69) is 10.6 Å². The molecule has 66 valence electrons. The van der Waals surface area contributed by atoms with E-state index >= 15 is 0 Å². The molecule has 1 aliphatic rings. The van der Waals surface area contributed by atoms with Crippen molar-refractivity contribution in [2.24, 2.45) is 5.73 Å². The highest BCUT2D eigenvalue weighted by atomic mass is 16.5. The molecule has 0 aromatic carbocycles. The highest BCUT2D eigenvalue weighted by Crippen LogP contribution is 2.04. The quantitative estimate of drug-likeness (QED) is 0.455. The van der Waals surface area contributed by atoms with E-state index in [1.54, 1.807) is 14.2 Å². The average molecular weight is 161 g/mol. The lowest BCUT2D eigenvalue weighted by atomic mass is 10.2. The van der Waals surface area contributed by atoms with Crippen molar-refractivity contribution in [1.29, 1.82) is 0 Å². The van der Waals surface area contributed by atoms with E-state index in [0.29, 0.717) is 6.67 Å². The molecule has 3 unspecified atom stereocenters. The zero-order valence-corrected chi connectivity index (χ0v) is 6.83. The van der Waals surface area contributed by atoms with Crippen LogP contribution in [0.2, 0.25) is 0 Å². The minimum atomic E-state index is -0.161. The van der Waals surface area contributed by atoms with Gasteiger partial charge >= 0.3 is 0 Å². The number of ether oxygens (including phenoxy) is 2. The number of hydrogen-bond acceptors (Lipinski definition) is 5. The van der Waals surface area contributed by atoms with Gasteiger partial charge in [-0.15, -0.1) is 0 Å². The Labute approximate surface area is 66.2 Å². The molecule has 0 saturated carbocycles. The summed E-state index contributed by atoms with van der Waals surface area (Å²) in [5.74, 6) is 0. The Morgan fingerprint density at radius 1 is 1.27 bits per heavy atom. The summed E-state index contributed by atoms with van der Waals surface area (Å²) in [6, 6.07) is 0. The monoisotopic (exact) mass is 161 g/mol. The molecule has 1 rings (SSSR count). The molecule has 0 amide bonds. The second-order valence-corrected chi connectivity index (χ2v) is 2.47. The van der Waals surface area contributed by atoms with Gasteiger partial charge < -0.3 is 15.2 Å². The Bertz CT molecular complexity index is 122. The predicted octanol–water partition coefficient (Wildman–Crippen LogP) is -1.59. The van der Waals surface area contributed by atoms with Crippen molar-refractivity contribution < 1.29 is 9.47 Å². The Balaban J connectivity index is 2.48. The maximum absolute atomic E-state index is 5.70. The molecule has 0 bridgehead atoms. The number of hydrogen-bond donors (Lipinski definition) is 3. The summed E-state index contributed by atoms with van der Waals surface area (Å²) in [5.41, 5.74) is 5.70. The van der Waals surface area contributed by atoms with Crippen LogP contribution in [0.3, 0.4) is 0 Å². The second-order valence-electron chi connectivity index (χ2n) is 2.47. The average Bonchev–Trinajstić information content (AvgIpc) is 2.04. The summed E-state index contributed by atoms with van der Waals surface area (Å²) < 4.78 is 10.2. The van der Waals surface area contributed by atoms with E-state index in [1.807, 2.05) is 0 Å². The van der Waals surface area contributed by atoms with E-state index in [9.17, 15) is 0 Å². The molecule has 0 aromatic rings. The Hall–Kier alpha value is -0.200. The molecule has 4 N–H and O–H groups in total. The maximum atomic E-state index is 5.70. The van der Waals surface area contributed by atoms with Crippen LogP contribution in [0, 0.1) is 0 Å². The maximum Gasteiger partial charge on any atom is 0.138 e. The van der Waals surface area contributed by atoms with Crippen LogP contribution in [-0.2, 0) is 9.47 Å². The van der Waals surface area contributed by atoms with Gasteiger partial charge in [0.1, 0.15) is 12.3 Å². The van der Waals surface area contributed by atoms with Crippen molar-refractivity contribution in [3.63, 3.8) is 0 Å². The van der Waals surface area contributed by atoms with Gasteiger partial charge in [-0.1, -0.05) is 0 Å². The van der Waals surface area contributed by atoms with Gasteiger partial charge in [-0.25, -0.2) is 0 Å². The summed E-state index contributed by atoms with van der Waals surface area (Å²) in [7, 11) is 3.24.